The molecular weight excluding hydrogens is 404 g/mol. The van der Waals surface area contributed by atoms with E-state index in [1.54, 1.807) is 0 Å². The Morgan fingerprint density at radius 1 is 0.871 bits per heavy atom. The van der Waals surface area contributed by atoms with Gasteiger partial charge in [-0.05, 0) is 28.8 Å². The summed E-state index contributed by atoms with van der Waals surface area (Å²) in [6.45, 7) is 5.74. The van der Waals surface area contributed by atoms with Crippen molar-refractivity contribution < 1.29 is 4.74 Å². The summed E-state index contributed by atoms with van der Waals surface area (Å²) in [5.74, 6) is 0.905. The molecule has 31 heavy (non-hydrogen) atoms. The molecule has 1 fully saturated rings. The molecule has 158 valence electrons. The van der Waals surface area contributed by atoms with Crippen molar-refractivity contribution in [3.63, 3.8) is 0 Å². The fourth-order valence-electron chi connectivity index (χ4n) is 4.61. The molecule has 0 aromatic heterocycles. The predicted octanol–water partition coefficient (Wildman–Crippen LogP) is 5.65. The molecule has 0 bridgehead atoms. The van der Waals surface area contributed by atoms with E-state index in [1.807, 2.05) is 12.1 Å². The molecule has 2 heterocycles. The average Bonchev–Trinajstić information content (AvgIpc) is 2.97. The molecule has 3 aromatic carbocycles. The van der Waals surface area contributed by atoms with Crippen molar-refractivity contribution in [3.05, 3.63) is 106 Å². The zero-order chi connectivity index (χ0) is 21.0. The molecule has 2 aliphatic rings. The summed E-state index contributed by atoms with van der Waals surface area (Å²) in [6.07, 6.45) is 4.49. The van der Waals surface area contributed by atoms with Gasteiger partial charge in [-0.2, -0.15) is 0 Å². The highest BCUT2D eigenvalue weighted by Gasteiger charge is 2.31. The highest BCUT2D eigenvalue weighted by molar-refractivity contribution is 6.30. The molecule has 1 atom stereocenters. The Morgan fingerprint density at radius 3 is 2.48 bits per heavy atom. The van der Waals surface area contributed by atoms with Crippen LogP contribution < -0.4 is 4.74 Å². The minimum atomic E-state index is 0.202. The molecule has 0 N–H and O–H groups in total. The molecular formula is C27H27ClN2O. The fourth-order valence-corrected chi connectivity index (χ4v) is 4.78. The van der Waals surface area contributed by atoms with Gasteiger partial charge in [0.2, 0.25) is 0 Å². The quantitative estimate of drug-likeness (QED) is 0.531. The topological polar surface area (TPSA) is 15.7 Å². The molecule has 3 nitrogen and oxygen atoms in total. The Balaban J connectivity index is 1.32. The zero-order valence-electron chi connectivity index (χ0n) is 17.6. The molecule has 0 spiro atoms. The predicted molar refractivity (Wildman–Crippen MR) is 128 cm³/mol. The van der Waals surface area contributed by atoms with Crippen molar-refractivity contribution >= 4 is 17.7 Å². The van der Waals surface area contributed by atoms with Gasteiger partial charge in [-0.25, -0.2) is 0 Å². The van der Waals surface area contributed by atoms with Gasteiger partial charge in [0.15, 0.2) is 0 Å². The molecule has 2 aliphatic heterocycles. The number of fused-ring (bicyclic) bond motifs is 2. The summed E-state index contributed by atoms with van der Waals surface area (Å²) in [6, 6.07) is 25.4. The molecule has 0 radical (unpaired) electrons. The second-order valence-corrected chi connectivity index (χ2v) is 8.66. The van der Waals surface area contributed by atoms with Crippen molar-refractivity contribution in [2.24, 2.45) is 0 Å². The van der Waals surface area contributed by atoms with Crippen molar-refractivity contribution in [1.29, 1.82) is 0 Å². The molecule has 4 heteroatoms. The van der Waals surface area contributed by atoms with Crippen LogP contribution in [0.2, 0.25) is 5.02 Å². The third-order valence-electron chi connectivity index (χ3n) is 6.25. The van der Waals surface area contributed by atoms with E-state index >= 15 is 0 Å². The lowest BCUT2D eigenvalue weighted by atomic mass is 9.93. The standard InChI is InChI=1S/C27H27ClN2O/c28-23-12-13-25-26(19-23)31-20-22-10-4-5-11-24(22)27(25)30-17-15-29(16-18-30)14-6-9-21-7-2-1-3-8-21/h1-13,19,27H,14-18,20H2/b9-6+. The third kappa shape index (κ3) is 4.54. The van der Waals surface area contributed by atoms with Crippen LogP contribution in [-0.4, -0.2) is 42.5 Å². The summed E-state index contributed by atoms with van der Waals surface area (Å²) < 4.78 is 6.16. The normalized spacial score (nSPS) is 19.5. The highest BCUT2D eigenvalue weighted by atomic mass is 35.5. The van der Waals surface area contributed by atoms with Crippen molar-refractivity contribution in [2.75, 3.05) is 32.7 Å². The molecule has 0 saturated carbocycles. The maximum atomic E-state index is 6.28. The molecule has 1 saturated heterocycles. The van der Waals surface area contributed by atoms with E-state index in [4.69, 9.17) is 16.3 Å². The first-order chi connectivity index (χ1) is 15.3. The van der Waals surface area contributed by atoms with E-state index in [2.05, 4.69) is 82.6 Å². The Hall–Kier alpha value is -2.59. The van der Waals surface area contributed by atoms with Crippen LogP contribution >= 0.6 is 11.6 Å². The number of ether oxygens (including phenoxy) is 1. The van der Waals surface area contributed by atoms with E-state index in [1.165, 1.54) is 22.3 Å². The maximum absolute atomic E-state index is 6.28. The minimum absolute atomic E-state index is 0.202. The monoisotopic (exact) mass is 430 g/mol. The van der Waals surface area contributed by atoms with E-state index in [9.17, 15) is 0 Å². The second-order valence-electron chi connectivity index (χ2n) is 8.22. The van der Waals surface area contributed by atoms with Gasteiger partial charge in [-0.15, -0.1) is 0 Å². The Labute approximate surface area is 189 Å². The van der Waals surface area contributed by atoms with Crippen LogP contribution in [0.1, 0.15) is 28.3 Å². The summed E-state index contributed by atoms with van der Waals surface area (Å²) in [7, 11) is 0. The van der Waals surface area contributed by atoms with Gasteiger partial charge < -0.3 is 4.74 Å². The largest absolute Gasteiger partial charge is 0.488 e. The van der Waals surface area contributed by atoms with Crippen molar-refractivity contribution in [3.8, 4) is 5.75 Å². The zero-order valence-corrected chi connectivity index (χ0v) is 18.3. The fraction of sp³-hybridized carbons (Fsp3) is 0.259. The van der Waals surface area contributed by atoms with Gasteiger partial charge in [0.05, 0.1) is 6.04 Å². The van der Waals surface area contributed by atoms with Crippen molar-refractivity contribution in [1.82, 2.24) is 9.80 Å². The first-order valence-electron chi connectivity index (χ1n) is 11.0. The SMILES string of the molecule is Clc1ccc2c(c1)OCc1ccccc1C2N1CCN(C/C=C/c2ccccc2)CC1. The number of hydrogen-bond donors (Lipinski definition) is 0. The van der Waals surface area contributed by atoms with Gasteiger partial charge in [0.1, 0.15) is 12.4 Å². The van der Waals surface area contributed by atoms with Crippen LogP contribution in [0.5, 0.6) is 5.75 Å². The summed E-state index contributed by atoms with van der Waals surface area (Å²) in [5.41, 5.74) is 5.08. The average molecular weight is 431 g/mol. The smallest absolute Gasteiger partial charge is 0.126 e. The lowest BCUT2D eigenvalue weighted by molar-refractivity contribution is 0.117. The molecule has 5 rings (SSSR count). The van der Waals surface area contributed by atoms with Gasteiger partial charge in [0.25, 0.3) is 0 Å². The number of rotatable bonds is 4. The van der Waals surface area contributed by atoms with E-state index < -0.39 is 0 Å². The minimum Gasteiger partial charge on any atom is -0.488 e. The lowest BCUT2D eigenvalue weighted by Gasteiger charge is -2.39. The van der Waals surface area contributed by atoms with Crippen molar-refractivity contribution in [2.45, 2.75) is 12.6 Å². The maximum Gasteiger partial charge on any atom is 0.126 e. The van der Waals surface area contributed by atoms with Crippen LogP contribution in [0.3, 0.4) is 0 Å². The van der Waals surface area contributed by atoms with Gasteiger partial charge in [0, 0.05) is 43.3 Å². The van der Waals surface area contributed by atoms with Crippen LogP contribution in [0, 0.1) is 0 Å². The van der Waals surface area contributed by atoms with Crippen LogP contribution in [0.15, 0.2) is 78.9 Å². The Bertz CT molecular complexity index is 1060. The molecule has 1 unspecified atom stereocenters. The van der Waals surface area contributed by atoms with E-state index in [0.717, 1.165) is 43.5 Å². The summed E-state index contributed by atoms with van der Waals surface area (Å²) >= 11 is 6.28. The van der Waals surface area contributed by atoms with Gasteiger partial charge in [-0.1, -0.05) is 84.4 Å². The Morgan fingerprint density at radius 2 is 1.65 bits per heavy atom. The molecule has 3 aromatic rings. The number of piperazine rings is 1. The first-order valence-corrected chi connectivity index (χ1v) is 11.3. The first kappa shape index (κ1) is 20.3. The highest BCUT2D eigenvalue weighted by Crippen LogP contribution is 2.40. The van der Waals surface area contributed by atoms with Crippen LogP contribution in [0.4, 0.5) is 0 Å². The summed E-state index contributed by atoms with van der Waals surface area (Å²) in [4.78, 5) is 5.12. The third-order valence-corrected chi connectivity index (χ3v) is 6.48. The van der Waals surface area contributed by atoms with E-state index in [0.29, 0.717) is 6.61 Å². The molecule has 0 aliphatic carbocycles. The number of halogens is 1. The van der Waals surface area contributed by atoms with Gasteiger partial charge >= 0.3 is 0 Å². The number of benzene rings is 3. The number of hydrogen-bond acceptors (Lipinski definition) is 3. The van der Waals surface area contributed by atoms with Crippen LogP contribution in [-0.2, 0) is 6.61 Å². The van der Waals surface area contributed by atoms with Gasteiger partial charge in [-0.3, -0.25) is 9.80 Å². The summed E-state index contributed by atoms with van der Waals surface area (Å²) in [5, 5.41) is 0.721. The molecule has 0 amide bonds. The van der Waals surface area contributed by atoms with Crippen LogP contribution in [0.25, 0.3) is 6.08 Å². The number of nitrogens with zero attached hydrogens (tertiary/aromatic N) is 2. The Kier molecular flexibility index (Phi) is 6.08. The van der Waals surface area contributed by atoms with E-state index in [-0.39, 0.29) is 6.04 Å². The second kappa shape index (κ2) is 9.27. The lowest BCUT2D eigenvalue weighted by Crippen LogP contribution is -2.47.